The summed E-state index contributed by atoms with van der Waals surface area (Å²) in [5, 5.41) is 4.06. The van der Waals surface area contributed by atoms with Gasteiger partial charge in [0.2, 0.25) is 5.91 Å². The molecule has 6 heteroatoms. The molecule has 31 heavy (non-hydrogen) atoms. The summed E-state index contributed by atoms with van der Waals surface area (Å²) in [5.41, 5.74) is 6.58. The summed E-state index contributed by atoms with van der Waals surface area (Å²) < 4.78 is 12.6. The topological polar surface area (TPSA) is 59.9 Å². The van der Waals surface area contributed by atoms with E-state index in [9.17, 15) is 4.79 Å². The van der Waals surface area contributed by atoms with Crippen molar-refractivity contribution < 1.29 is 14.3 Å². The fourth-order valence-electron chi connectivity index (χ4n) is 2.84. The van der Waals surface area contributed by atoms with E-state index in [-0.39, 0.29) is 12.3 Å². The average Bonchev–Trinajstić information content (AvgIpc) is 2.76. The van der Waals surface area contributed by atoms with E-state index in [1.807, 2.05) is 61.5 Å². The van der Waals surface area contributed by atoms with Gasteiger partial charge in [-0.2, -0.15) is 5.10 Å². The van der Waals surface area contributed by atoms with Crippen LogP contribution in [0.3, 0.4) is 0 Å². The molecular weight excluding hydrogens is 456 g/mol. The van der Waals surface area contributed by atoms with Gasteiger partial charge in [-0.25, -0.2) is 5.43 Å². The molecule has 3 rings (SSSR count). The molecule has 0 saturated carbocycles. The third-order valence-electron chi connectivity index (χ3n) is 4.46. The van der Waals surface area contributed by atoms with Gasteiger partial charge in [-0.05, 0) is 60.9 Å². The molecule has 0 fully saturated rings. The number of rotatable bonds is 9. The van der Waals surface area contributed by atoms with Crippen molar-refractivity contribution in [3.8, 4) is 11.5 Å². The number of nitrogens with one attached hydrogen (secondary N) is 1. The SMILES string of the molecule is CCOc1cc(/C=N/NC(=O)Cc2ccc(Br)cc2)ccc1OCc1ccc(C)cc1. The molecular formula is C25H25BrN2O3. The van der Waals surface area contributed by atoms with E-state index in [0.717, 1.165) is 21.2 Å². The molecule has 0 saturated heterocycles. The Balaban J connectivity index is 1.59. The number of benzene rings is 3. The van der Waals surface area contributed by atoms with Gasteiger partial charge < -0.3 is 9.47 Å². The van der Waals surface area contributed by atoms with Crippen molar-refractivity contribution in [3.05, 3.63) is 93.5 Å². The number of amides is 1. The van der Waals surface area contributed by atoms with Crippen LogP contribution in [0.1, 0.15) is 29.2 Å². The molecule has 5 nitrogen and oxygen atoms in total. The maximum atomic E-state index is 12.1. The van der Waals surface area contributed by atoms with E-state index >= 15 is 0 Å². The Morgan fingerprint density at radius 2 is 1.68 bits per heavy atom. The first kappa shape index (κ1) is 22.6. The number of hydrazone groups is 1. The predicted molar refractivity (Wildman–Crippen MR) is 127 cm³/mol. The average molecular weight is 481 g/mol. The third kappa shape index (κ3) is 7.26. The molecule has 1 N–H and O–H groups in total. The van der Waals surface area contributed by atoms with Crippen molar-refractivity contribution in [2.24, 2.45) is 5.10 Å². The smallest absolute Gasteiger partial charge is 0.244 e. The van der Waals surface area contributed by atoms with Gasteiger partial charge in [0.1, 0.15) is 6.61 Å². The minimum absolute atomic E-state index is 0.179. The number of hydrogen-bond donors (Lipinski definition) is 1. The zero-order chi connectivity index (χ0) is 22.1. The largest absolute Gasteiger partial charge is 0.490 e. The minimum atomic E-state index is -0.179. The minimum Gasteiger partial charge on any atom is -0.490 e. The number of nitrogens with zero attached hydrogens (tertiary/aromatic N) is 1. The standard InChI is InChI=1S/C25H25BrN2O3/c1-3-30-24-14-21(10-13-23(24)31-17-20-6-4-18(2)5-7-20)16-27-28-25(29)15-19-8-11-22(26)12-9-19/h4-14,16H,3,15,17H2,1-2H3,(H,28,29)/b27-16+. The maximum Gasteiger partial charge on any atom is 0.244 e. The van der Waals surface area contributed by atoms with Crippen LogP contribution in [-0.2, 0) is 17.8 Å². The summed E-state index contributed by atoms with van der Waals surface area (Å²) in [6, 6.07) is 21.4. The predicted octanol–water partition coefficient (Wildman–Crippen LogP) is 5.43. The van der Waals surface area contributed by atoms with E-state index in [2.05, 4.69) is 45.5 Å². The van der Waals surface area contributed by atoms with Gasteiger partial charge in [0.15, 0.2) is 11.5 Å². The Kier molecular flexibility index (Phi) is 8.24. The Morgan fingerprint density at radius 3 is 2.39 bits per heavy atom. The highest BCUT2D eigenvalue weighted by atomic mass is 79.9. The van der Waals surface area contributed by atoms with Gasteiger partial charge in [-0.15, -0.1) is 0 Å². The first-order valence-electron chi connectivity index (χ1n) is 10.0. The maximum absolute atomic E-state index is 12.1. The molecule has 0 radical (unpaired) electrons. The van der Waals surface area contributed by atoms with Crippen LogP contribution in [0.4, 0.5) is 0 Å². The van der Waals surface area contributed by atoms with Gasteiger partial charge in [0.25, 0.3) is 0 Å². The Labute approximate surface area is 191 Å². The summed E-state index contributed by atoms with van der Waals surface area (Å²) >= 11 is 3.38. The van der Waals surface area contributed by atoms with Gasteiger partial charge >= 0.3 is 0 Å². The molecule has 0 atom stereocenters. The second-order valence-electron chi connectivity index (χ2n) is 7.01. The van der Waals surface area contributed by atoms with E-state index in [4.69, 9.17) is 9.47 Å². The number of halogens is 1. The lowest BCUT2D eigenvalue weighted by Crippen LogP contribution is -2.19. The number of hydrogen-bond acceptors (Lipinski definition) is 4. The summed E-state index contributed by atoms with van der Waals surface area (Å²) in [6.45, 7) is 4.96. The van der Waals surface area contributed by atoms with E-state index in [0.29, 0.717) is 24.7 Å². The number of carbonyl (C=O) groups excluding carboxylic acids is 1. The Hall–Kier alpha value is -3.12. The lowest BCUT2D eigenvalue weighted by molar-refractivity contribution is -0.120. The van der Waals surface area contributed by atoms with Crippen molar-refractivity contribution >= 4 is 28.1 Å². The van der Waals surface area contributed by atoms with Crippen LogP contribution in [-0.4, -0.2) is 18.7 Å². The molecule has 0 aliphatic heterocycles. The molecule has 160 valence electrons. The molecule has 1 amide bonds. The summed E-state index contributed by atoms with van der Waals surface area (Å²) in [7, 11) is 0. The molecule has 0 spiro atoms. The number of aryl methyl sites for hydroxylation is 1. The molecule has 3 aromatic carbocycles. The van der Waals surface area contributed by atoms with Crippen LogP contribution in [0.2, 0.25) is 0 Å². The highest BCUT2D eigenvalue weighted by Gasteiger charge is 2.07. The quantitative estimate of drug-likeness (QED) is 0.328. The zero-order valence-electron chi connectivity index (χ0n) is 17.6. The summed E-state index contributed by atoms with van der Waals surface area (Å²) in [5.74, 6) is 1.13. The van der Waals surface area contributed by atoms with Crippen molar-refractivity contribution in [1.82, 2.24) is 5.43 Å². The van der Waals surface area contributed by atoms with E-state index < -0.39 is 0 Å². The highest BCUT2D eigenvalue weighted by Crippen LogP contribution is 2.29. The molecule has 0 aromatic heterocycles. The zero-order valence-corrected chi connectivity index (χ0v) is 19.2. The molecule has 0 aliphatic carbocycles. The summed E-state index contributed by atoms with van der Waals surface area (Å²) in [6.07, 6.45) is 1.85. The van der Waals surface area contributed by atoms with Gasteiger partial charge in [0.05, 0.1) is 19.2 Å². The van der Waals surface area contributed by atoms with Crippen molar-refractivity contribution in [2.45, 2.75) is 26.9 Å². The Bertz CT molecular complexity index is 1030. The molecule has 0 unspecified atom stereocenters. The van der Waals surface area contributed by atoms with Crippen LogP contribution < -0.4 is 14.9 Å². The first-order chi connectivity index (χ1) is 15.0. The first-order valence-corrected chi connectivity index (χ1v) is 10.8. The summed E-state index contributed by atoms with van der Waals surface area (Å²) in [4.78, 5) is 12.1. The molecule has 0 aliphatic rings. The van der Waals surface area contributed by atoms with Gasteiger partial charge in [0, 0.05) is 4.47 Å². The van der Waals surface area contributed by atoms with E-state index in [1.165, 1.54) is 5.56 Å². The van der Waals surface area contributed by atoms with Crippen LogP contribution in [0.5, 0.6) is 11.5 Å². The Morgan fingerprint density at radius 1 is 0.968 bits per heavy atom. The lowest BCUT2D eigenvalue weighted by Gasteiger charge is -2.12. The lowest BCUT2D eigenvalue weighted by atomic mass is 10.1. The van der Waals surface area contributed by atoms with Crippen LogP contribution in [0.15, 0.2) is 76.3 Å². The van der Waals surface area contributed by atoms with E-state index in [1.54, 1.807) is 6.21 Å². The van der Waals surface area contributed by atoms with Crippen molar-refractivity contribution in [1.29, 1.82) is 0 Å². The molecule has 0 bridgehead atoms. The highest BCUT2D eigenvalue weighted by molar-refractivity contribution is 9.10. The van der Waals surface area contributed by atoms with Crippen LogP contribution >= 0.6 is 15.9 Å². The second kappa shape index (κ2) is 11.3. The van der Waals surface area contributed by atoms with Crippen molar-refractivity contribution in [3.63, 3.8) is 0 Å². The second-order valence-corrected chi connectivity index (χ2v) is 7.93. The third-order valence-corrected chi connectivity index (χ3v) is 4.99. The monoisotopic (exact) mass is 480 g/mol. The van der Waals surface area contributed by atoms with Crippen LogP contribution in [0, 0.1) is 6.92 Å². The van der Waals surface area contributed by atoms with Gasteiger partial charge in [-0.3, -0.25) is 4.79 Å². The molecule has 3 aromatic rings. The number of carbonyl (C=O) groups is 1. The van der Waals surface area contributed by atoms with Crippen molar-refractivity contribution in [2.75, 3.05) is 6.61 Å². The molecule has 0 heterocycles. The van der Waals surface area contributed by atoms with Gasteiger partial charge in [-0.1, -0.05) is 57.9 Å². The number of ether oxygens (including phenoxy) is 2. The van der Waals surface area contributed by atoms with Crippen LogP contribution in [0.25, 0.3) is 0 Å². The fraction of sp³-hybridized carbons (Fsp3) is 0.200. The fourth-order valence-corrected chi connectivity index (χ4v) is 3.11. The normalized spacial score (nSPS) is 10.8.